The van der Waals surface area contributed by atoms with Crippen LogP contribution in [0.2, 0.25) is 0 Å². The van der Waals surface area contributed by atoms with Crippen LogP contribution >= 0.6 is 0 Å². The highest BCUT2D eigenvalue weighted by molar-refractivity contribution is 5.98. The molecule has 0 radical (unpaired) electrons. The van der Waals surface area contributed by atoms with Gasteiger partial charge in [0.25, 0.3) is 5.91 Å². The van der Waals surface area contributed by atoms with Crippen molar-refractivity contribution in [1.29, 1.82) is 0 Å². The molecule has 21 heavy (non-hydrogen) atoms. The molecule has 2 heterocycles. The largest absolute Gasteiger partial charge is 0.454 e. The van der Waals surface area contributed by atoms with Gasteiger partial charge in [0, 0.05) is 18.4 Å². The number of carbonyl (C=O) groups is 1. The van der Waals surface area contributed by atoms with Crippen molar-refractivity contribution < 1.29 is 14.3 Å². The van der Waals surface area contributed by atoms with Gasteiger partial charge < -0.3 is 20.5 Å². The molecule has 108 valence electrons. The van der Waals surface area contributed by atoms with Crippen LogP contribution in [0.4, 0.5) is 5.69 Å². The number of anilines is 1. The van der Waals surface area contributed by atoms with Crippen molar-refractivity contribution in [2.75, 3.05) is 12.1 Å². The molecular weight excluding hydrogens is 270 g/mol. The number of fused-ring (bicyclic) bond motifs is 1. The molecule has 1 unspecified atom stereocenters. The molecule has 6 heteroatoms. The van der Waals surface area contributed by atoms with Gasteiger partial charge in [0.1, 0.15) is 0 Å². The van der Waals surface area contributed by atoms with E-state index in [0.29, 0.717) is 11.3 Å². The van der Waals surface area contributed by atoms with E-state index in [-0.39, 0.29) is 12.8 Å². The minimum absolute atomic E-state index is 0.0278. The zero-order valence-corrected chi connectivity index (χ0v) is 11.5. The van der Waals surface area contributed by atoms with Crippen LogP contribution in [0, 0.1) is 0 Å². The van der Waals surface area contributed by atoms with Gasteiger partial charge in [-0.2, -0.15) is 0 Å². The first-order valence-electron chi connectivity index (χ1n) is 6.55. The Morgan fingerprint density at radius 1 is 1.33 bits per heavy atom. The molecule has 3 rings (SSSR count). The molecule has 0 bridgehead atoms. The Labute approximate surface area is 121 Å². The van der Waals surface area contributed by atoms with Gasteiger partial charge in [0.05, 0.1) is 11.3 Å². The third-order valence-electron chi connectivity index (χ3n) is 3.36. The SMILES string of the molecule is CC(Nc1ccncc1C(N)=O)c1ccc2c(c1)OCO2. The zero-order valence-electron chi connectivity index (χ0n) is 11.5. The number of nitrogens with zero attached hydrogens (tertiary/aromatic N) is 1. The predicted octanol–water partition coefficient (Wildman–Crippen LogP) is 2.08. The Balaban J connectivity index is 1.83. The summed E-state index contributed by atoms with van der Waals surface area (Å²) in [5, 5.41) is 3.26. The van der Waals surface area contributed by atoms with Crippen molar-refractivity contribution in [2.45, 2.75) is 13.0 Å². The van der Waals surface area contributed by atoms with Gasteiger partial charge in [-0.25, -0.2) is 0 Å². The Morgan fingerprint density at radius 3 is 2.95 bits per heavy atom. The van der Waals surface area contributed by atoms with Crippen LogP contribution in [-0.4, -0.2) is 17.7 Å². The third kappa shape index (κ3) is 2.60. The van der Waals surface area contributed by atoms with Gasteiger partial charge in [0.2, 0.25) is 6.79 Å². The van der Waals surface area contributed by atoms with E-state index in [9.17, 15) is 4.79 Å². The maximum atomic E-state index is 11.4. The van der Waals surface area contributed by atoms with Gasteiger partial charge in [-0.3, -0.25) is 9.78 Å². The van der Waals surface area contributed by atoms with Gasteiger partial charge in [-0.1, -0.05) is 6.07 Å². The Hall–Kier alpha value is -2.76. The molecule has 1 aromatic heterocycles. The number of pyridine rings is 1. The zero-order chi connectivity index (χ0) is 14.8. The topological polar surface area (TPSA) is 86.5 Å². The second-order valence-corrected chi connectivity index (χ2v) is 4.76. The van der Waals surface area contributed by atoms with E-state index < -0.39 is 5.91 Å². The average Bonchev–Trinajstić information content (AvgIpc) is 2.94. The summed E-state index contributed by atoms with van der Waals surface area (Å²) in [5.41, 5.74) is 7.39. The lowest BCUT2D eigenvalue weighted by molar-refractivity contribution is 0.100. The fourth-order valence-electron chi connectivity index (χ4n) is 2.22. The summed E-state index contributed by atoms with van der Waals surface area (Å²) in [6.07, 6.45) is 3.07. The van der Waals surface area contributed by atoms with Crippen molar-refractivity contribution >= 4 is 11.6 Å². The summed E-state index contributed by atoms with van der Waals surface area (Å²) in [7, 11) is 0. The minimum atomic E-state index is -0.511. The van der Waals surface area contributed by atoms with E-state index in [0.717, 1.165) is 17.1 Å². The van der Waals surface area contributed by atoms with Crippen LogP contribution in [0.1, 0.15) is 28.9 Å². The van der Waals surface area contributed by atoms with Crippen LogP contribution in [0.3, 0.4) is 0 Å². The van der Waals surface area contributed by atoms with E-state index in [2.05, 4.69) is 10.3 Å². The Kier molecular flexibility index (Phi) is 3.35. The highest BCUT2D eigenvalue weighted by atomic mass is 16.7. The van der Waals surface area contributed by atoms with Gasteiger partial charge >= 0.3 is 0 Å². The predicted molar refractivity (Wildman–Crippen MR) is 77.4 cm³/mol. The highest BCUT2D eigenvalue weighted by Gasteiger charge is 2.17. The summed E-state index contributed by atoms with van der Waals surface area (Å²) in [4.78, 5) is 15.3. The fourth-order valence-corrected chi connectivity index (χ4v) is 2.22. The van der Waals surface area contributed by atoms with E-state index in [1.54, 1.807) is 12.3 Å². The monoisotopic (exact) mass is 285 g/mol. The van der Waals surface area contributed by atoms with Gasteiger partial charge in [0.15, 0.2) is 11.5 Å². The number of nitrogens with one attached hydrogen (secondary N) is 1. The number of primary amides is 1. The summed E-state index contributed by atoms with van der Waals surface area (Å²) in [5.74, 6) is 0.960. The standard InChI is InChI=1S/C15H15N3O3/c1-9(10-2-3-13-14(6-10)21-8-20-13)18-12-4-5-17-7-11(12)15(16)19/h2-7,9H,8H2,1H3,(H2,16,19)(H,17,18). The Morgan fingerprint density at radius 2 is 2.14 bits per heavy atom. The second-order valence-electron chi connectivity index (χ2n) is 4.76. The van der Waals surface area contributed by atoms with E-state index in [4.69, 9.17) is 15.2 Å². The lowest BCUT2D eigenvalue weighted by atomic mass is 10.1. The molecule has 0 saturated heterocycles. The van der Waals surface area contributed by atoms with Crippen LogP contribution in [0.5, 0.6) is 11.5 Å². The van der Waals surface area contributed by atoms with Crippen molar-refractivity contribution in [3.05, 3.63) is 47.8 Å². The molecule has 1 aliphatic heterocycles. The molecule has 3 N–H and O–H groups in total. The van der Waals surface area contributed by atoms with E-state index in [1.165, 1.54) is 6.20 Å². The van der Waals surface area contributed by atoms with Crippen molar-refractivity contribution in [3.8, 4) is 11.5 Å². The van der Waals surface area contributed by atoms with Crippen LogP contribution < -0.4 is 20.5 Å². The first-order chi connectivity index (χ1) is 10.1. The number of hydrogen-bond donors (Lipinski definition) is 2. The summed E-state index contributed by atoms with van der Waals surface area (Å²) < 4.78 is 10.7. The smallest absolute Gasteiger partial charge is 0.252 e. The maximum Gasteiger partial charge on any atom is 0.252 e. The summed E-state index contributed by atoms with van der Waals surface area (Å²) >= 11 is 0. The molecule has 0 aliphatic carbocycles. The first kappa shape index (κ1) is 13.2. The number of benzene rings is 1. The van der Waals surface area contributed by atoms with Crippen LogP contribution in [-0.2, 0) is 0 Å². The summed E-state index contributed by atoms with van der Waals surface area (Å²) in [6.45, 7) is 2.24. The quantitative estimate of drug-likeness (QED) is 0.898. The number of nitrogens with two attached hydrogens (primary N) is 1. The number of hydrogen-bond acceptors (Lipinski definition) is 5. The fraction of sp³-hybridized carbons (Fsp3) is 0.200. The molecule has 0 saturated carbocycles. The van der Waals surface area contributed by atoms with Crippen molar-refractivity contribution in [3.63, 3.8) is 0 Å². The lowest BCUT2D eigenvalue weighted by Gasteiger charge is -2.17. The molecule has 6 nitrogen and oxygen atoms in total. The lowest BCUT2D eigenvalue weighted by Crippen LogP contribution is -2.16. The maximum absolute atomic E-state index is 11.4. The second kappa shape index (κ2) is 5.32. The number of ether oxygens (including phenoxy) is 2. The molecule has 0 fully saturated rings. The van der Waals surface area contributed by atoms with E-state index in [1.807, 2.05) is 25.1 Å². The minimum Gasteiger partial charge on any atom is -0.454 e. The first-order valence-corrected chi connectivity index (χ1v) is 6.55. The number of carbonyl (C=O) groups excluding carboxylic acids is 1. The molecule has 0 spiro atoms. The number of rotatable bonds is 4. The van der Waals surface area contributed by atoms with Crippen LogP contribution in [0.25, 0.3) is 0 Å². The third-order valence-corrected chi connectivity index (χ3v) is 3.36. The molecule has 1 aliphatic rings. The molecule has 2 aromatic rings. The number of amides is 1. The van der Waals surface area contributed by atoms with Crippen LogP contribution in [0.15, 0.2) is 36.7 Å². The molecular formula is C15H15N3O3. The van der Waals surface area contributed by atoms with Gasteiger partial charge in [-0.05, 0) is 30.7 Å². The highest BCUT2D eigenvalue weighted by Crippen LogP contribution is 2.34. The normalized spacial score (nSPS) is 13.8. The molecule has 1 aromatic carbocycles. The summed E-state index contributed by atoms with van der Waals surface area (Å²) in [6, 6.07) is 7.45. The van der Waals surface area contributed by atoms with E-state index >= 15 is 0 Å². The van der Waals surface area contributed by atoms with Gasteiger partial charge in [-0.15, -0.1) is 0 Å². The van der Waals surface area contributed by atoms with Crippen molar-refractivity contribution in [1.82, 2.24) is 4.98 Å². The number of aromatic nitrogens is 1. The average molecular weight is 285 g/mol. The van der Waals surface area contributed by atoms with Crippen molar-refractivity contribution in [2.24, 2.45) is 5.73 Å². The Bertz CT molecular complexity index is 688. The molecule has 1 atom stereocenters. The molecule has 1 amide bonds.